The maximum atomic E-state index is 12.0. The third kappa shape index (κ3) is 4.27. The van der Waals surface area contributed by atoms with Crippen molar-refractivity contribution in [2.45, 2.75) is 6.18 Å². The maximum absolute atomic E-state index is 12.0. The van der Waals surface area contributed by atoms with Gasteiger partial charge in [-0.1, -0.05) is 6.07 Å². The minimum Gasteiger partial charge on any atom is -0.484 e. The first-order valence-corrected chi connectivity index (χ1v) is 6.46. The van der Waals surface area contributed by atoms with Crippen LogP contribution in [0.25, 0.3) is 0 Å². The summed E-state index contributed by atoms with van der Waals surface area (Å²) in [6.07, 6.45) is -4.37. The zero-order chi connectivity index (χ0) is 14.6. The van der Waals surface area contributed by atoms with Crippen LogP contribution in [0, 0.1) is 0 Å². The van der Waals surface area contributed by atoms with Crippen LogP contribution in [-0.4, -0.2) is 18.7 Å². The lowest BCUT2D eigenvalue weighted by molar-refractivity contribution is -0.153. The van der Waals surface area contributed by atoms with Gasteiger partial charge < -0.3 is 10.1 Å². The number of amides is 1. The number of alkyl halides is 3. The average molecular weight is 301 g/mol. The van der Waals surface area contributed by atoms with E-state index < -0.39 is 12.8 Å². The Balaban J connectivity index is 1.93. The van der Waals surface area contributed by atoms with Crippen LogP contribution in [-0.2, 0) is 0 Å². The van der Waals surface area contributed by atoms with Gasteiger partial charge >= 0.3 is 6.18 Å². The first-order valence-electron chi connectivity index (χ1n) is 5.58. The number of thiophene rings is 1. The Morgan fingerprint density at radius 1 is 1.20 bits per heavy atom. The number of nitrogens with one attached hydrogen (secondary N) is 1. The Morgan fingerprint density at radius 2 is 1.90 bits per heavy atom. The molecule has 2 aromatic rings. The van der Waals surface area contributed by atoms with Crippen LogP contribution in [0.15, 0.2) is 41.8 Å². The number of hydrogen-bond acceptors (Lipinski definition) is 3. The molecule has 0 saturated heterocycles. The van der Waals surface area contributed by atoms with E-state index in [1.807, 2.05) is 0 Å². The van der Waals surface area contributed by atoms with Crippen molar-refractivity contribution in [2.75, 3.05) is 11.9 Å². The summed E-state index contributed by atoms with van der Waals surface area (Å²) in [5, 5.41) is 4.42. The lowest BCUT2D eigenvalue weighted by Gasteiger charge is -2.09. The molecule has 2 rings (SSSR count). The summed E-state index contributed by atoms with van der Waals surface area (Å²) in [6.45, 7) is -1.34. The highest BCUT2D eigenvalue weighted by Crippen LogP contribution is 2.21. The van der Waals surface area contributed by atoms with Crippen LogP contribution in [0.1, 0.15) is 9.67 Å². The van der Waals surface area contributed by atoms with Gasteiger partial charge in [0.1, 0.15) is 5.75 Å². The van der Waals surface area contributed by atoms with E-state index in [0.29, 0.717) is 10.6 Å². The van der Waals surface area contributed by atoms with E-state index in [2.05, 4.69) is 10.1 Å². The molecule has 0 aliphatic carbocycles. The molecule has 1 amide bonds. The zero-order valence-electron chi connectivity index (χ0n) is 10.1. The molecule has 0 bridgehead atoms. The van der Waals surface area contributed by atoms with Crippen LogP contribution in [0.3, 0.4) is 0 Å². The molecule has 1 aromatic heterocycles. The van der Waals surface area contributed by atoms with E-state index in [-0.39, 0.29) is 11.7 Å². The van der Waals surface area contributed by atoms with Gasteiger partial charge in [-0.3, -0.25) is 4.79 Å². The minimum absolute atomic E-state index is 0.0939. The summed E-state index contributed by atoms with van der Waals surface area (Å²) in [4.78, 5) is 12.3. The summed E-state index contributed by atoms with van der Waals surface area (Å²) in [6, 6.07) is 9.15. The summed E-state index contributed by atoms with van der Waals surface area (Å²) in [5.74, 6) is -0.166. The van der Waals surface area contributed by atoms with Crippen LogP contribution >= 0.6 is 11.3 Å². The monoisotopic (exact) mass is 301 g/mol. The van der Waals surface area contributed by atoms with Gasteiger partial charge in [0.05, 0.1) is 4.88 Å². The van der Waals surface area contributed by atoms with E-state index in [9.17, 15) is 18.0 Å². The molecule has 7 heteroatoms. The number of carbonyl (C=O) groups excluding carboxylic acids is 1. The summed E-state index contributed by atoms with van der Waals surface area (Å²) in [5.41, 5.74) is 0.489. The van der Waals surface area contributed by atoms with Crippen molar-refractivity contribution in [3.63, 3.8) is 0 Å². The first-order chi connectivity index (χ1) is 9.44. The van der Waals surface area contributed by atoms with Gasteiger partial charge in [0, 0.05) is 5.69 Å². The lowest BCUT2D eigenvalue weighted by Crippen LogP contribution is -2.19. The molecular weight excluding hydrogens is 291 g/mol. The van der Waals surface area contributed by atoms with Gasteiger partial charge in [-0.2, -0.15) is 13.2 Å². The van der Waals surface area contributed by atoms with Crippen LogP contribution in [0.2, 0.25) is 0 Å². The molecule has 106 valence electrons. The van der Waals surface area contributed by atoms with Gasteiger partial charge in [0.25, 0.3) is 5.91 Å². The molecule has 20 heavy (non-hydrogen) atoms. The Morgan fingerprint density at radius 3 is 2.45 bits per heavy atom. The Bertz CT molecular complexity index is 564. The van der Waals surface area contributed by atoms with Crippen LogP contribution in [0.4, 0.5) is 18.9 Å². The van der Waals surface area contributed by atoms with Gasteiger partial charge in [-0.15, -0.1) is 11.3 Å². The number of benzene rings is 1. The van der Waals surface area contributed by atoms with Crippen molar-refractivity contribution in [1.82, 2.24) is 0 Å². The minimum atomic E-state index is -4.37. The van der Waals surface area contributed by atoms with E-state index in [0.717, 1.165) is 0 Å². The predicted molar refractivity (Wildman–Crippen MR) is 70.3 cm³/mol. The van der Waals surface area contributed by atoms with Gasteiger partial charge in [-0.25, -0.2) is 0 Å². The fourth-order valence-electron chi connectivity index (χ4n) is 1.40. The molecule has 0 aliphatic rings. The zero-order valence-corrected chi connectivity index (χ0v) is 10.9. The molecule has 0 aliphatic heterocycles. The average Bonchev–Trinajstić information content (AvgIpc) is 2.91. The Kier molecular flexibility index (Phi) is 4.29. The van der Waals surface area contributed by atoms with Crippen molar-refractivity contribution in [1.29, 1.82) is 0 Å². The second kappa shape index (κ2) is 5.96. The molecule has 0 atom stereocenters. The molecule has 1 aromatic carbocycles. The molecule has 1 N–H and O–H groups in total. The normalized spacial score (nSPS) is 11.2. The second-order valence-electron chi connectivity index (χ2n) is 3.86. The topological polar surface area (TPSA) is 38.3 Å². The summed E-state index contributed by atoms with van der Waals surface area (Å²) < 4.78 is 40.5. The highest BCUT2D eigenvalue weighted by Gasteiger charge is 2.28. The van der Waals surface area contributed by atoms with Crippen molar-refractivity contribution in [3.8, 4) is 5.75 Å². The van der Waals surface area contributed by atoms with E-state index >= 15 is 0 Å². The van der Waals surface area contributed by atoms with Crippen LogP contribution < -0.4 is 10.1 Å². The standard InChI is InChI=1S/C13H10F3NO2S/c14-13(15,16)8-19-10-5-3-9(4-6-10)17-12(18)11-2-1-7-20-11/h1-7H,8H2,(H,17,18). The quantitative estimate of drug-likeness (QED) is 0.929. The van der Waals surface area contributed by atoms with Crippen molar-refractivity contribution in [3.05, 3.63) is 46.7 Å². The highest BCUT2D eigenvalue weighted by atomic mass is 32.1. The van der Waals surface area contributed by atoms with E-state index in [1.165, 1.54) is 35.6 Å². The fourth-order valence-corrected chi connectivity index (χ4v) is 2.02. The number of carbonyl (C=O) groups is 1. The molecule has 0 spiro atoms. The Hall–Kier alpha value is -2.02. The lowest BCUT2D eigenvalue weighted by atomic mass is 10.3. The maximum Gasteiger partial charge on any atom is 0.422 e. The summed E-state index contributed by atoms with van der Waals surface area (Å²) in [7, 11) is 0. The van der Waals surface area contributed by atoms with Crippen molar-refractivity contribution in [2.24, 2.45) is 0 Å². The molecule has 0 unspecified atom stereocenters. The number of anilines is 1. The molecule has 0 fully saturated rings. The highest BCUT2D eigenvalue weighted by molar-refractivity contribution is 7.12. The van der Waals surface area contributed by atoms with Crippen molar-refractivity contribution >= 4 is 22.9 Å². The molecule has 0 saturated carbocycles. The second-order valence-corrected chi connectivity index (χ2v) is 4.81. The summed E-state index contributed by atoms with van der Waals surface area (Å²) >= 11 is 1.30. The smallest absolute Gasteiger partial charge is 0.422 e. The number of ether oxygens (including phenoxy) is 1. The Labute approximate surface area is 117 Å². The third-order valence-corrected chi connectivity index (χ3v) is 3.13. The van der Waals surface area contributed by atoms with Gasteiger partial charge in [0.2, 0.25) is 0 Å². The molecule has 0 radical (unpaired) electrons. The van der Waals surface area contributed by atoms with Crippen molar-refractivity contribution < 1.29 is 22.7 Å². The number of rotatable bonds is 4. The van der Waals surface area contributed by atoms with Gasteiger partial charge in [-0.05, 0) is 35.7 Å². The predicted octanol–water partition coefficient (Wildman–Crippen LogP) is 3.94. The fraction of sp³-hybridized carbons (Fsp3) is 0.154. The SMILES string of the molecule is O=C(Nc1ccc(OCC(F)(F)F)cc1)c1cccs1. The third-order valence-electron chi connectivity index (χ3n) is 2.26. The number of hydrogen-bond donors (Lipinski definition) is 1. The van der Waals surface area contributed by atoms with Gasteiger partial charge in [0.15, 0.2) is 6.61 Å². The first kappa shape index (κ1) is 14.4. The largest absolute Gasteiger partial charge is 0.484 e. The molecule has 1 heterocycles. The molecular formula is C13H10F3NO2S. The number of halogens is 3. The van der Waals surface area contributed by atoms with E-state index in [1.54, 1.807) is 17.5 Å². The molecule has 3 nitrogen and oxygen atoms in total. The van der Waals surface area contributed by atoms with Crippen LogP contribution in [0.5, 0.6) is 5.75 Å². The van der Waals surface area contributed by atoms with E-state index in [4.69, 9.17) is 0 Å².